The molecule has 2 amide bonds. The van der Waals surface area contributed by atoms with Crippen LogP contribution in [0.1, 0.15) is 15.9 Å². The number of hydrogen-bond acceptors (Lipinski definition) is 4. The van der Waals surface area contributed by atoms with E-state index in [0.29, 0.717) is 17.7 Å². The highest BCUT2D eigenvalue weighted by Gasteiger charge is 2.35. The lowest BCUT2D eigenvalue weighted by atomic mass is 10.2. The van der Waals surface area contributed by atoms with E-state index in [0.717, 1.165) is 10.4 Å². The Bertz CT molecular complexity index is 1100. The number of rotatable bonds is 5. The molecule has 1 N–H and O–H groups in total. The fraction of sp³-hybridized carbons (Fsp3) is 0.300. The van der Waals surface area contributed by atoms with Gasteiger partial charge in [0.25, 0.3) is 5.91 Å². The maximum atomic E-state index is 13.0. The molecule has 3 rings (SSSR count). The lowest BCUT2D eigenvalue weighted by Gasteiger charge is -2.34. The Hall–Kier alpha value is -2.63. The summed E-state index contributed by atoms with van der Waals surface area (Å²) in [5, 5.41) is 2.19. The van der Waals surface area contributed by atoms with Gasteiger partial charge in [0, 0.05) is 31.7 Å². The van der Waals surface area contributed by atoms with Crippen LogP contribution >= 0.6 is 11.6 Å². The average molecular weight is 490 g/mol. The first-order valence-electron chi connectivity index (χ1n) is 9.48. The molecule has 0 radical (unpaired) electrons. The van der Waals surface area contributed by atoms with Gasteiger partial charge in [-0.15, -0.1) is 0 Å². The van der Waals surface area contributed by atoms with Gasteiger partial charge in [0.15, 0.2) is 0 Å². The van der Waals surface area contributed by atoms with Crippen LogP contribution in [0.2, 0.25) is 5.02 Å². The quantitative estimate of drug-likeness (QED) is 0.699. The first-order chi connectivity index (χ1) is 15.0. The summed E-state index contributed by atoms with van der Waals surface area (Å²) in [6.45, 7) is -0.452. The molecule has 1 aliphatic heterocycles. The third-order valence-electron chi connectivity index (χ3n) is 4.90. The number of benzene rings is 2. The predicted molar refractivity (Wildman–Crippen MR) is 111 cm³/mol. The van der Waals surface area contributed by atoms with E-state index in [1.165, 1.54) is 4.90 Å². The van der Waals surface area contributed by atoms with Gasteiger partial charge in [-0.2, -0.15) is 17.5 Å². The number of alkyl halides is 3. The topological polar surface area (TPSA) is 86.8 Å². The zero-order valence-electron chi connectivity index (χ0n) is 16.6. The van der Waals surface area contributed by atoms with Crippen molar-refractivity contribution in [2.24, 2.45) is 0 Å². The Morgan fingerprint density at radius 2 is 1.62 bits per heavy atom. The molecule has 0 spiro atoms. The van der Waals surface area contributed by atoms with E-state index >= 15 is 0 Å². The Balaban J connectivity index is 1.61. The molecule has 172 valence electrons. The molecular weight excluding hydrogens is 471 g/mol. The standard InChI is InChI=1S/C20H19ClF3N3O4S/c21-16-7-6-15(20(22,23)24)12-17(16)32(30,31)27-10-8-26(9-11-27)18(28)13-25-19(29)14-4-2-1-3-5-14/h1-7,12H,8-11,13H2,(H,25,29). The number of carbonyl (C=O) groups is 2. The highest BCUT2D eigenvalue weighted by atomic mass is 35.5. The second kappa shape index (κ2) is 9.47. The van der Waals surface area contributed by atoms with E-state index in [1.54, 1.807) is 30.3 Å². The van der Waals surface area contributed by atoms with Gasteiger partial charge in [-0.25, -0.2) is 8.42 Å². The fourth-order valence-electron chi connectivity index (χ4n) is 3.15. The van der Waals surface area contributed by atoms with Crippen LogP contribution in [-0.2, 0) is 21.0 Å². The molecule has 1 aliphatic rings. The molecular formula is C20H19ClF3N3O4S. The number of halogens is 4. The maximum absolute atomic E-state index is 13.0. The van der Waals surface area contributed by atoms with Crippen LogP contribution in [0.25, 0.3) is 0 Å². The van der Waals surface area contributed by atoms with E-state index in [4.69, 9.17) is 11.6 Å². The molecule has 0 saturated carbocycles. The van der Waals surface area contributed by atoms with Gasteiger partial charge in [0.2, 0.25) is 15.9 Å². The van der Waals surface area contributed by atoms with Crippen LogP contribution in [0.15, 0.2) is 53.4 Å². The van der Waals surface area contributed by atoms with Crippen LogP contribution in [0.4, 0.5) is 13.2 Å². The van der Waals surface area contributed by atoms with Crippen molar-refractivity contribution in [3.8, 4) is 0 Å². The summed E-state index contributed by atoms with van der Waals surface area (Å²) in [5.74, 6) is -0.817. The zero-order valence-corrected chi connectivity index (χ0v) is 18.2. The van der Waals surface area contributed by atoms with E-state index in [1.807, 2.05) is 0 Å². The van der Waals surface area contributed by atoms with Crippen molar-refractivity contribution in [3.05, 3.63) is 64.7 Å². The Morgan fingerprint density at radius 3 is 2.22 bits per heavy atom. The number of nitrogens with one attached hydrogen (secondary N) is 1. The minimum atomic E-state index is -4.72. The smallest absolute Gasteiger partial charge is 0.343 e. The third-order valence-corrected chi connectivity index (χ3v) is 7.28. The first kappa shape index (κ1) is 24.0. The zero-order chi connectivity index (χ0) is 23.5. The molecule has 0 unspecified atom stereocenters. The van der Waals surface area contributed by atoms with Crippen LogP contribution in [0.3, 0.4) is 0 Å². The largest absolute Gasteiger partial charge is 0.416 e. The van der Waals surface area contributed by atoms with Gasteiger partial charge in [-0.1, -0.05) is 29.8 Å². The van der Waals surface area contributed by atoms with E-state index in [-0.39, 0.29) is 37.7 Å². The van der Waals surface area contributed by atoms with Crippen molar-refractivity contribution in [3.63, 3.8) is 0 Å². The number of sulfonamides is 1. The molecule has 2 aromatic rings. The maximum Gasteiger partial charge on any atom is 0.416 e. The monoisotopic (exact) mass is 489 g/mol. The Morgan fingerprint density at radius 1 is 1.00 bits per heavy atom. The van der Waals surface area contributed by atoms with E-state index in [9.17, 15) is 31.2 Å². The molecule has 7 nitrogen and oxygen atoms in total. The van der Waals surface area contributed by atoms with Crippen LogP contribution in [-0.4, -0.2) is 62.2 Å². The third kappa shape index (κ3) is 5.40. The summed E-state index contributed by atoms with van der Waals surface area (Å²) in [6.07, 6.45) is -4.72. The van der Waals surface area contributed by atoms with Gasteiger partial charge in [-0.3, -0.25) is 9.59 Å². The number of piperazine rings is 1. The molecule has 32 heavy (non-hydrogen) atoms. The second-order valence-electron chi connectivity index (χ2n) is 6.98. The average Bonchev–Trinajstić information content (AvgIpc) is 2.77. The minimum Gasteiger partial charge on any atom is -0.343 e. The molecule has 0 atom stereocenters. The van der Waals surface area contributed by atoms with Gasteiger partial charge >= 0.3 is 6.18 Å². The highest BCUT2D eigenvalue weighted by Crippen LogP contribution is 2.34. The summed E-state index contributed by atoms with van der Waals surface area (Å²) in [6, 6.07) is 10.4. The number of carbonyl (C=O) groups excluding carboxylic acids is 2. The number of amides is 2. The van der Waals surface area contributed by atoms with Crippen molar-refractivity contribution in [2.45, 2.75) is 11.1 Å². The summed E-state index contributed by atoms with van der Waals surface area (Å²) >= 11 is 5.87. The van der Waals surface area contributed by atoms with Crippen LogP contribution in [0, 0.1) is 0 Å². The molecule has 12 heteroatoms. The van der Waals surface area contributed by atoms with E-state index in [2.05, 4.69) is 5.32 Å². The normalized spacial score (nSPS) is 15.4. The first-order valence-corrected chi connectivity index (χ1v) is 11.3. The highest BCUT2D eigenvalue weighted by molar-refractivity contribution is 7.89. The van der Waals surface area contributed by atoms with Crippen molar-refractivity contribution in [2.75, 3.05) is 32.7 Å². The molecule has 2 aromatic carbocycles. The van der Waals surface area contributed by atoms with Crippen LogP contribution < -0.4 is 5.32 Å². The lowest BCUT2D eigenvalue weighted by Crippen LogP contribution is -2.52. The Labute approximate surface area is 187 Å². The predicted octanol–water partition coefficient (Wildman–Crippen LogP) is 2.62. The molecule has 0 aliphatic carbocycles. The van der Waals surface area contributed by atoms with Crippen LogP contribution in [0.5, 0.6) is 0 Å². The summed E-state index contributed by atoms with van der Waals surface area (Å²) < 4.78 is 65.6. The van der Waals surface area contributed by atoms with Gasteiger partial charge in [0.1, 0.15) is 4.90 Å². The number of hydrogen-bond donors (Lipinski definition) is 1. The molecule has 1 saturated heterocycles. The molecule has 0 bridgehead atoms. The van der Waals surface area contributed by atoms with Crippen molar-refractivity contribution < 1.29 is 31.2 Å². The van der Waals surface area contributed by atoms with E-state index < -0.39 is 38.5 Å². The van der Waals surface area contributed by atoms with Crippen molar-refractivity contribution in [1.82, 2.24) is 14.5 Å². The lowest BCUT2D eigenvalue weighted by molar-refractivity contribution is -0.137. The molecule has 0 aromatic heterocycles. The van der Waals surface area contributed by atoms with Gasteiger partial charge in [0.05, 0.1) is 17.1 Å². The molecule has 1 fully saturated rings. The number of nitrogens with zero attached hydrogens (tertiary/aromatic N) is 2. The van der Waals surface area contributed by atoms with Crippen molar-refractivity contribution in [1.29, 1.82) is 0 Å². The van der Waals surface area contributed by atoms with Gasteiger partial charge in [-0.05, 0) is 30.3 Å². The fourth-order valence-corrected chi connectivity index (χ4v) is 5.08. The van der Waals surface area contributed by atoms with Crippen molar-refractivity contribution >= 4 is 33.4 Å². The SMILES string of the molecule is O=C(NCC(=O)N1CCN(S(=O)(=O)c2cc(C(F)(F)F)ccc2Cl)CC1)c1ccccc1. The minimum absolute atomic E-state index is 0.0237. The molecule has 1 heterocycles. The summed E-state index contributed by atoms with van der Waals surface area (Å²) in [5.41, 5.74) is -0.724. The van der Waals surface area contributed by atoms with Gasteiger partial charge < -0.3 is 10.2 Å². The second-order valence-corrected chi connectivity index (χ2v) is 9.29. The summed E-state index contributed by atoms with van der Waals surface area (Å²) in [7, 11) is -4.29. The Kier molecular flexibility index (Phi) is 7.11. The summed E-state index contributed by atoms with van der Waals surface area (Å²) in [4.78, 5) is 25.2.